The number of rotatable bonds is 8. The van der Waals surface area contributed by atoms with Crippen LogP contribution in [0.4, 0.5) is 0 Å². The Balaban J connectivity index is 1.67. The van der Waals surface area contributed by atoms with Crippen LogP contribution in [0.25, 0.3) is 21.9 Å². The van der Waals surface area contributed by atoms with Crippen molar-refractivity contribution in [2.75, 3.05) is 6.61 Å². The van der Waals surface area contributed by atoms with Crippen molar-refractivity contribution in [2.24, 2.45) is 0 Å². The summed E-state index contributed by atoms with van der Waals surface area (Å²) >= 11 is 0. The van der Waals surface area contributed by atoms with E-state index in [9.17, 15) is 9.90 Å². The number of ether oxygens (including phenoxy) is 1. The molecule has 1 atom stereocenters. The van der Waals surface area contributed by atoms with Gasteiger partial charge in [-0.3, -0.25) is 0 Å². The number of carbonyl (C=O) groups is 1. The minimum absolute atomic E-state index is 0.150. The summed E-state index contributed by atoms with van der Waals surface area (Å²) in [5, 5.41) is 15.5. The van der Waals surface area contributed by atoms with Gasteiger partial charge >= 0.3 is 5.97 Å². The Labute approximate surface area is 194 Å². The van der Waals surface area contributed by atoms with Gasteiger partial charge in [0.2, 0.25) is 0 Å². The first-order chi connectivity index (χ1) is 16.0. The zero-order valence-corrected chi connectivity index (χ0v) is 19.3. The number of aromatic carboxylic acids is 1. The van der Waals surface area contributed by atoms with Crippen LogP contribution in [-0.2, 0) is 6.54 Å². The Morgan fingerprint density at radius 1 is 0.970 bits per heavy atom. The second kappa shape index (κ2) is 9.88. The summed E-state index contributed by atoms with van der Waals surface area (Å²) in [6.07, 6.45) is 0. The molecular weight excluding hydrogens is 410 g/mol. The number of carboxylic acids is 1. The van der Waals surface area contributed by atoms with E-state index < -0.39 is 5.97 Å². The molecule has 0 aliphatic heterocycles. The van der Waals surface area contributed by atoms with Gasteiger partial charge in [0.1, 0.15) is 5.75 Å². The molecule has 0 amide bonds. The maximum atomic E-state index is 11.7. The van der Waals surface area contributed by atoms with E-state index >= 15 is 0 Å². The standard InChI is InChI=1S/C29H29NO3/c1-4-33-24-11-7-10-22(17-24)20(3)30-18-21-15-23-9-5-6-12-27(23)28(16-21)25-13-8-14-26(19(25)2)29(31)32/h5-17,20,30H,4,18H2,1-3H3,(H,31,32). The van der Waals surface area contributed by atoms with Crippen LogP contribution in [0.1, 0.15) is 46.9 Å². The molecule has 4 nitrogen and oxygen atoms in total. The Bertz CT molecular complexity index is 1300. The maximum Gasteiger partial charge on any atom is 0.335 e. The smallest absolute Gasteiger partial charge is 0.335 e. The average Bonchev–Trinajstić information content (AvgIpc) is 2.82. The van der Waals surface area contributed by atoms with E-state index in [1.54, 1.807) is 6.07 Å². The lowest BCUT2D eigenvalue weighted by atomic mass is 9.91. The van der Waals surface area contributed by atoms with Gasteiger partial charge in [-0.25, -0.2) is 4.79 Å². The fraction of sp³-hybridized carbons (Fsp3) is 0.207. The molecule has 0 spiro atoms. The molecule has 0 radical (unpaired) electrons. The second-order valence-electron chi connectivity index (χ2n) is 8.26. The van der Waals surface area contributed by atoms with Crippen LogP contribution >= 0.6 is 0 Å². The Morgan fingerprint density at radius 2 is 1.76 bits per heavy atom. The summed E-state index contributed by atoms with van der Waals surface area (Å²) in [4.78, 5) is 11.7. The summed E-state index contributed by atoms with van der Waals surface area (Å²) in [6, 6.07) is 26.4. The van der Waals surface area contributed by atoms with Crippen LogP contribution in [0.2, 0.25) is 0 Å². The normalized spacial score (nSPS) is 12.0. The highest BCUT2D eigenvalue weighted by Crippen LogP contribution is 2.33. The van der Waals surface area contributed by atoms with E-state index in [2.05, 4.69) is 48.6 Å². The molecule has 33 heavy (non-hydrogen) atoms. The van der Waals surface area contributed by atoms with Crippen molar-refractivity contribution >= 4 is 16.7 Å². The number of hydrogen-bond acceptors (Lipinski definition) is 3. The molecule has 168 valence electrons. The van der Waals surface area contributed by atoms with Gasteiger partial charge in [-0.2, -0.15) is 0 Å². The maximum absolute atomic E-state index is 11.7. The minimum Gasteiger partial charge on any atom is -0.494 e. The van der Waals surface area contributed by atoms with Gasteiger partial charge in [-0.1, -0.05) is 48.5 Å². The van der Waals surface area contributed by atoms with E-state index in [-0.39, 0.29) is 6.04 Å². The lowest BCUT2D eigenvalue weighted by molar-refractivity contribution is 0.0696. The molecule has 0 aliphatic rings. The summed E-state index contributed by atoms with van der Waals surface area (Å²) in [5.41, 5.74) is 5.44. The lowest BCUT2D eigenvalue weighted by Gasteiger charge is -2.18. The monoisotopic (exact) mass is 439 g/mol. The third-order valence-electron chi connectivity index (χ3n) is 6.06. The Morgan fingerprint density at radius 3 is 2.55 bits per heavy atom. The molecule has 0 fully saturated rings. The molecule has 4 aromatic rings. The topological polar surface area (TPSA) is 58.6 Å². The molecule has 0 bridgehead atoms. The lowest BCUT2D eigenvalue weighted by Crippen LogP contribution is -2.18. The van der Waals surface area contributed by atoms with Gasteiger partial charge in [0.15, 0.2) is 0 Å². The zero-order valence-electron chi connectivity index (χ0n) is 19.3. The van der Waals surface area contributed by atoms with Gasteiger partial charge in [-0.05, 0) is 89.7 Å². The number of nitrogens with one attached hydrogen (secondary N) is 1. The van der Waals surface area contributed by atoms with E-state index in [4.69, 9.17) is 4.74 Å². The van der Waals surface area contributed by atoms with Gasteiger partial charge in [0.05, 0.1) is 12.2 Å². The van der Waals surface area contributed by atoms with Gasteiger partial charge in [-0.15, -0.1) is 0 Å². The van der Waals surface area contributed by atoms with E-state index in [1.165, 1.54) is 5.56 Å². The van der Waals surface area contributed by atoms with Gasteiger partial charge < -0.3 is 15.2 Å². The molecular formula is C29H29NO3. The summed E-state index contributed by atoms with van der Waals surface area (Å²) < 4.78 is 5.64. The highest BCUT2D eigenvalue weighted by atomic mass is 16.5. The first-order valence-electron chi connectivity index (χ1n) is 11.3. The first kappa shape index (κ1) is 22.6. The Kier molecular flexibility index (Phi) is 6.76. The Hall–Kier alpha value is -3.63. The molecule has 0 aliphatic carbocycles. The molecule has 4 aromatic carbocycles. The van der Waals surface area contributed by atoms with E-state index in [0.29, 0.717) is 18.7 Å². The zero-order chi connectivity index (χ0) is 23.4. The third kappa shape index (κ3) is 4.91. The van der Waals surface area contributed by atoms with Crippen molar-refractivity contribution in [2.45, 2.75) is 33.4 Å². The second-order valence-corrected chi connectivity index (χ2v) is 8.26. The van der Waals surface area contributed by atoms with Crippen molar-refractivity contribution in [3.8, 4) is 16.9 Å². The van der Waals surface area contributed by atoms with Crippen molar-refractivity contribution in [3.05, 3.63) is 101 Å². The van der Waals surface area contributed by atoms with Crippen LogP contribution in [0, 0.1) is 6.92 Å². The van der Waals surface area contributed by atoms with Crippen LogP contribution in [0.15, 0.2) is 78.9 Å². The largest absolute Gasteiger partial charge is 0.494 e. The fourth-order valence-electron chi connectivity index (χ4n) is 4.29. The molecule has 0 aromatic heterocycles. The molecule has 0 saturated carbocycles. The average molecular weight is 440 g/mol. The summed E-state index contributed by atoms with van der Waals surface area (Å²) in [6.45, 7) is 7.35. The third-order valence-corrected chi connectivity index (χ3v) is 6.06. The number of hydrogen-bond donors (Lipinski definition) is 2. The highest BCUT2D eigenvalue weighted by Gasteiger charge is 2.15. The van der Waals surface area contributed by atoms with Crippen LogP contribution < -0.4 is 10.1 Å². The van der Waals surface area contributed by atoms with Gasteiger partial charge in [0.25, 0.3) is 0 Å². The molecule has 1 unspecified atom stereocenters. The van der Waals surface area contributed by atoms with Crippen LogP contribution in [0.5, 0.6) is 5.75 Å². The SMILES string of the molecule is CCOc1cccc(C(C)NCc2cc(-c3cccc(C(=O)O)c3C)c3ccccc3c2)c1. The predicted octanol–water partition coefficient (Wildman–Crippen LogP) is 6.76. The van der Waals surface area contributed by atoms with Gasteiger partial charge in [0, 0.05) is 12.6 Å². The molecule has 0 heterocycles. The first-order valence-corrected chi connectivity index (χ1v) is 11.3. The predicted molar refractivity (Wildman–Crippen MR) is 134 cm³/mol. The minimum atomic E-state index is -0.903. The molecule has 4 heteroatoms. The summed E-state index contributed by atoms with van der Waals surface area (Å²) in [7, 11) is 0. The fourth-order valence-corrected chi connectivity index (χ4v) is 4.29. The van der Waals surface area contributed by atoms with Crippen molar-refractivity contribution in [3.63, 3.8) is 0 Å². The number of fused-ring (bicyclic) bond motifs is 1. The highest BCUT2D eigenvalue weighted by molar-refractivity contribution is 6.00. The van der Waals surface area contributed by atoms with Crippen molar-refractivity contribution in [1.29, 1.82) is 0 Å². The van der Waals surface area contributed by atoms with Crippen molar-refractivity contribution < 1.29 is 14.6 Å². The number of carboxylic acid groups (broad SMARTS) is 1. The molecule has 0 saturated heterocycles. The number of benzene rings is 4. The van der Waals surface area contributed by atoms with Crippen LogP contribution in [0.3, 0.4) is 0 Å². The van der Waals surface area contributed by atoms with Crippen LogP contribution in [-0.4, -0.2) is 17.7 Å². The van der Waals surface area contributed by atoms with E-state index in [1.807, 2.05) is 50.2 Å². The molecule has 2 N–H and O–H groups in total. The van der Waals surface area contributed by atoms with E-state index in [0.717, 1.165) is 38.8 Å². The van der Waals surface area contributed by atoms with Crippen molar-refractivity contribution in [1.82, 2.24) is 5.32 Å². The summed E-state index contributed by atoms with van der Waals surface area (Å²) in [5.74, 6) is -0.0231. The molecule has 4 rings (SSSR count). The quantitative estimate of drug-likeness (QED) is 0.318.